The molecule has 2 atom stereocenters. The monoisotopic (exact) mass is 564 g/mol. The highest BCUT2D eigenvalue weighted by atomic mass is 16.5. The fourth-order valence-electron chi connectivity index (χ4n) is 5.68. The molecule has 2 aromatic carbocycles. The van der Waals surface area contributed by atoms with Crippen LogP contribution >= 0.6 is 0 Å². The molecule has 228 valence electrons. The zero-order valence-electron chi connectivity index (χ0n) is 26.8. The molecule has 2 unspecified atom stereocenters. The molecule has 0 radical (unpaired) electrons. The zero-order chi connectivity index (χ0) is 30.0. The number of ether oxygens (including phenoxy) is 1. The number of benzene rings is 2. The molecule has 1 saturated heterocycles. The standard InChI is InChI=1S/C17H23NO2.C10H12O.C9H21N/c1-2-3-16-11-15(12-18(16)7-8-19)13-4-5-17-14(10-13)6-9-20-17;1-8-5-3-4-6-10(8)7-9(2)11;1-4-6-8-10(3)9-7-5-2/h4-5,8,10,15-16H,2-3,6-7,9,11-12H2,1H3;3-6H,7H2,1-2H3;4-9H2,1-3H3. The number of unbranched alkanes of at least 4 members (excludes halogenated alkanes) is 2. The van der Waals surface area contributed by atoms with Crippen molar-refractivity contribution in [1.82, 2.24) is 9.80 Å². The number of carbonyl (C=O) groups is 2. The number of likely N-dealkylation sites (tertiary alicyclic amines) is 1. The summed E-state index contributed by atoms with van der Waals surface area (Å²) in [7, 11) is 2.21. The van der Waals surface area contributed by atoms with Gasteiger partial charge in [0.15, 0.2) is 0 Å². The van der Waals surface area contributed by atoms with E-state index in [1.807, 2.05) is 31.2 Å². The normalized spacial score (nSPS) is 17.6. The first kappa shape index (κ1) is 34.7. The molecule has 0 aromatic heterocycles. The summed E-state index contributed by atoms with van der Waals surface area (Å²) in [5.41, 5.74) is 5.11. The summed E-state index contributed by atoms with van der Waals surface area (Å²) < 4.78 is 5.58. The second-order valence-corrected chi connectivity index (χ2v) is 11.8. The van der Waals surface area contributed by atoms with Crippen LogP contribution in [0.15, 0.2) is 42.5 Å². The largest absolute Gasteiger partial charge is 0.493 e. The van der Waals surface area contributed by atoms with Crippen molar-refractivity contribution in [1.29, 1.82) is 0 Å². The van der Waals surface area contributed by atoms with E-state index in [9.17, 15) is 9.59 Å². The van der Waals surface area contributed by atoms with E-state index in [4.69, 9.17) is 4.74 Å². The average Bonchev–Trinajstić information content (AvgIpc) is 3.59. The van der Waals surface area contributed by atoms with Gasteiger partial charge in [0, 0.05) is 25.4 Å². The zero-order valence-corrected chi connectivity index (χ0v) is 26.8. The van der Waals surface area contributed by atoms with Crippen molar-refractivity contribution in [3.8, 4) is 5.75 Å². The van der Waals surface area contributed by atoms with Crippen molar-refractivity contribution in [3.63, 3.8) is 0 Å². The summed E-state index contributed by atoms with van der Waals surface area (Å²) in [6, 6.07) is 15.2. The molecular weight excluding hydrogens is 508 g/mol. The van der Waals surface area contributed by atoms with Crippen molar-refractivity contribution in [2.75, 3.05) is 39.8 Å². The molecule has 2 aliphatic rings. The number of nitrogens with zero attached hydrogens (tertiary/aromatic N) is 2. The molecule has 1 fully saturated rings. The number of aldehydes is 1. The molecule has 41 heavy (non-hydrogen) atoms. The second-order valence-electron chi connectivity index (χ2n) is 11.8. The molecule has 2 aliphatic heterocycles. The Morgan fingerprint density at radius 3 is 2.37 bits per heavy atom. The molecule has 0 aliphatic carbocycles. The van der Waals surface area contributed by atoms with E-state index in [1.165, 1.54) is 74.7 Å². The maximum atomic E-state index is 10.8. The maximum Gasteiger partial charge on any atom is 0.134 e. The summed E-state index contributed by atoms with van der Waals surface area (Å²) in [6.45, 7) is 15.3. The van der Waals surface area contributed by atoms with E-state index in [2.05, 4.69) is 55.8 Å². The Hall–Kier alpha value is -2.50. The lowest BCUT2D eigenvalue weighted by atomic mass is 9.93. The van der Waals surface area contributed by atoms with Crippen LogP contribution in [0.5, 0.6) is 5.75 Å². The highest BCUT2D eigenvalue weighted by Crippen LogP contribution is 2.36. The van der Waals surface area contributed by atoms with Gasteiger partial charge in [-0.1, -0.05) is 76.4 Å². The minimum Gasteiger partial charge on any atom is -0.493 e. The summed E-state index contributed by atoms with van der Waals surface area (Å²) in [6.07, 6.45) is 11.5. The van der Waals surface area contributed by atoms with Crippen molar-refractivity contribution >= 4 is 12.1 Å². The van der Waals surface area contributed by atoms with E-state index in [0.29, 0.717) is 24.9 Å². The van der Waals surface area contributed by atoms with Crippen molar-refractivity contribution < 1.29 is 14.3 Å². The highest BCUT2D eigenvalue weighted by Gasteiger charge is 2.32. The molecule has 2 aromatic rings. The predicted octanol–water partition coefficient (Wildman–Crippen LogP) is 7.42. The molecular formula is C36H56N2O3. The number of hydrogen-bond acceptors (Lipinski definition) is 5. The van der Waals surface area contributed by atoms with Gasteiger partial charge in [-0.3, -0.25) is 9.69 Å². The van der Waals surface area contributed by atoms with Crippen molar-refractivity contribution in [2.24, 2.45) is 0 Å². The highest BCUT2D eigenvalue weighted by molar-refractivity contribution is 5.78. The number of carbonyl (C=O) groups excluding carboxylic acids is 2. The number of aryl methyl sites for hydroxylation is 1. The van der Waals surface area contributed by atoms with Crippen LogP contribution in [0.3, 0.4) is 0 Å². The fraction of sp³-hybridized carbons (Fsp3) is 0.611. The lowest BCUT2D eigenvalue weighted by Gasteiger charge is -2.20. The second kappa shape index (κ2) is 19.6. The molecule has 0 spiro atoms. The lowest BCUT2D eigenvalue weighted by Crippen LogP contribution is -2.31. The van der Waals surface area contributed by atoms with Crippen LogP contribution in [0.25, 0.3) is 0 Å². The maximum absolute atomic E-state index is 10.8. The number of fused-ring (bicyclic) bond motifs is 1. The van der Waals surface area contributed by atoms with E-state index < -0.39 is 0 Å². The third-order valence-corrected chi connectivity index (χ3v) is 8.13. The molecule has 4 rings (SSSR count). The van der Waals surface area contributed by atoms with E-state index in [1.54, 1.807) is 6.92 Å². The quantitative estimate of drug-likeness (QED) is 0.237. The van der Waals surface area contributed by atoms with Gasteiger partial charge < -0.3 is 14.4 Å². The number of rotatable bonds is 13. The van der Waals surface area contributed by atoms with Gasteiger partial charge in [0.05, 0.1) is 13.2 Å². The van der Waals surface area contributed by atoms with Crippen molar-refractivity contribution in [3.05, 3.63) is 64.7 Å². The molecule has 0 saturated carbocycles. The fourth-order valence-corrected chi connectivity index (χ4v) is 5.68. The number of hydrogen-bond donors (Lipinski definition) is 0. The molecule has 5 heteroatoms. The molecule has 0 N–H and O–H groups in total. The van der Waals surface area contributed by atoms with Crippen LogP contribution in [-0.2, 0) is 22.4 Å². The van der Waals surface area contributed by atoms with Crippen LogP contribution in [0.2, 0.25) is 0 Å². The van der Waals surface area contributed by atoms with Crippen LogP contribution in [0, 0.1) is 6.92 Å². The third kappa shape index (κ3) is 12.5. The van der Waals surface area contributed by atoms with Crippen molar-refractivity contribution in [2.45, 2.75) is 104 Å². The minimum atomic E-state index is 0.222. The van der Waals surface area contributed by atoms with Crippen LogP contribution in [0.4, 0.5) is 0 Å². The smallest absolute Gasteiger partial charge is 0.134 e. The Balaban J connectivity index is 0.000000239. The first-order chi connectivity index (χ1) is 19.8. The van der Waals surface area contributed by atoms with Gasteiger partial charge in [0.2, 0.25) is 0 Å². The Kier molecular flexibility index (Phi) is 16.6. The van der Waals surface area contributed by atoms with Gasteiger partial charge in [-0.15, -0.1) is 0 Å². The molecule has 0 amide bonds. The first-order valence-electron chi connectivity index (χ1n) is 16.0. The van der Waals surface area contributed by atoms with E-state index in [0.717, 1.165) is 37.2 Å². The number of ketones is 1. The van der Waals surface area contributed by atoms with E-state index in [-0.39, 0.29) is 5.78 Å². The third-order valence-electron chi connectivity index (χ3n) is 8.13. The first-order valence-corrected chi connectivity index (χ1v) is 16.0. The number of Topliss-reactive ketones (excluding diaryl/α,β-unsaturated/α-hetero) is 1. The van der Waals surface area contributed by atoms with Gasteiger partial charge in [0.25, 0.3) is 0 Å². The molecule has 2 heterocycles. The predicted molar refractivity (Wildman–Crippen MR) is 172 cm³/mol. The Labute approximate surface area is 250 Å². The van der Waals surface area contributed by atoms with Gasteiger partial charge in [-0.25, -0.2) is 0 Å². The molecule has 0 bridgehead atoms. The molecule has 5 nitrogen and oxygen atoms in total. The van der Waals surface area contributed by atoms with Gasteiger partial charge in [0.1, 0.15) is 17.8 Å². The summed E-state index contributed by atoms with van der Waals surface area (Å²) >= 11 is 0. The van der Waals surface area contributed by atoms with Gasteiger partial charge in [-0.05, 0) is 93.9 Å². The van der Waals surface area contributed by atoms with Crippen LogP contribution < -0.4 is 4.74 Å². The summed E-state index contributed by atoms with van der Waals surface area (Å²) in [5.74, 6) is 1.85. The Morgan fingerprint density at radius 1 is 1.05 bits per heavy atom. The Bertz CT molecular complexity index is 1030. The summed E-state index contributed by atoms with van der Waals surface area (Å²) in [4.78, 5) is 26.4. The Morgan fingerprint density at radius 2 is 1.76 bits per heavy atom. The summed E-state index contributed by atoms with van der Waals surface area (Å²) in [5, 5.41) is 0. The lowest BCUT2D eigenvalue weighted by molar-refractivity contribution is -0.116. The average molecular weight is 565 g/mol. The van der Waals surface area contributed by atoms with Crippen LogP contribution in [-0.4, -0.2) is 67.7 Å². The SMILES string of the molecule is CC(=O)Cc1ccccc1C.CCCC1CC(c2ccc3c(c2)CCO3)CN1CC=O.CCCCN(C)CCCC. The van der Waals surface area contributed by atoms with Gasteiger partial charge in [-0.2, -0.15) is 0 Å². The van der Waals surface area contributed by atoms with Crippen LogP contribution in [0.1, 0.15) is 101 Å². The van der Waals surface area contributed by atoms with Gasteiger partial charge >= 0.3 is 0 Å². The topological polar surface area (TPSA) is 49.9 Å². The minimum absolute atomic E-state index is 0.222. The van der Waals surface area contributed by atoms with E-state index >= 15 is 0 Å².